The lowest BCUT2D eigenvalue weighted by Crippen LogP contribution is -2.69. The van der Waals surface area contributed by atoms with E-state index in [0.29, 0.717) is 0 Å². The maximum atomic E-state index is 13.4. The van der Waals surface area contributed by atoms with Crippen molar-refractivity contribution in [2.75, 3.05) is 0 Å². The molecule has 4 rings (SSSR count). The summed E-state index contributed by atoms with van der Waals surface area (Å²) in [5, 5.41) is 36.2. The van der Waals surface area contributed by atoms with E-state index >= 15 is 0 Å². The van der Waals surface area contributed by atoms with E-state index in [1.807, 2.05) is 0 Å². The Morgan fingerprint density at radius 3 is 2.47 bits per heavy atom. The van der Waals surface area contributed by atoms with Gasteiger partial charge in [0.05, 0.1) is 22.8 Å². The van der Waals surface area contributed by atoms with E-state index in [0.717, 1.165) is 0 Å². The summed E-state index contributed by atoms with van der Waals surface area (Å²) in [6.45, 7) is 1.30. The molecule has 32 heavy (non-hydrogen) atoms. The van der Waals surface area contributed by atoms with Crippen LogP contribution in [0.3, 0.4) is 0 Å². The van der Waals surface area contributed by atoms with Gasteiger partial charge in [0.25, 0.3) is 0 Å². The molecule has 0 heterocycles. The predicted octanol–water partition coefficient (Wildman–Crippen LogP) is -0.0663. The van der Waals surface area contributed by atoms with Crippen molar-refractivity contribution in [3.8, 4) is 5.75 Å². The van der Waals surface area contributed by atoms with Crippen LogP contribution in [-0.4, -0.2) is 50.0 Å². The molecule has 0 aromatic heterocycles. The third kappa shape index (κ3) is 2.51. The lowest BCUT2D eigenvalue weighted by Gasteiger charge is -2.52. The number of fused-ring (bicyclic) bond motifs is 3. The standard InChI is InChI=1S/C20H18N4O8/c1-19(31)7-2-3-9(23-24-22)14(26)11(7)15(27)12-8(19)4-6-5-10(25)13(18(21)30)17(29)20(6,32)16(12)28/h2-3,6,8,12-13,26,31-32H,4-5H2,1H3,(H2,21,30)/t6-,8-,12?,13?,19+,20-/m0/s1. The van der Waals surface area contributed by atoms with E-state index in [1.54, 1.807) is 0 Å². The van der Waals surface area contributed by atoms with E-state index in [9.17, 15) is 39.3 Å². The Kier molecular flexibility index (Phi) is 4.53. The number of benzene rings is 1. The van der Waals surface area contributed by atoms with Gasteiger partial charge in [-0.05, 0) is 30.5 Å². The van der Waals surface area contributed by atoms with Crippen LogP contribution < -0.4 is 5.73 Å². The summed E-state index contributed by atoms with van der Waals surface area (Å²) in [5.41, 5.74) is 8.25. The molecule has 1 aromatic rings. The summed E-state index contributed by atoms with van der Waals surface area (Å²) < 4.78 is 0. The normalized spacial score (nSPS) is 36.0. The van der Waals surface area contributed by atoms with Gasteiger partial charge in [-0.25, -0.2) is 0 Å². The first kappa shape index (κ1) is 21.6. The lowest BCUT2D eigenvalue weighted by molar-refractivity contribution is -0.182. The Labute approximate surface area is 179 Å². The number of ketones is 4. The van der Waals surface area contributed by atoms with Crippen LogP contribution in [0.25, 0.3) is 10.4 Å². The Bertz CT molecular complexity index is 1180. The molecule has 3 aliphatic carbocycles. The monoisotopic (exact) mass is 442 g/mol. The van der Waals surface area contributed by atoms with Gasteiger partial charge >= 0.3 is 0 Å². The zero-order valence-electron chi connectivity index (χ0n) is 16.7. The van der Waals surface area contributed by atoms with Gasteiger partial charge in [0, 0.05) is 23.2 Å². The number of primary amides is 1. The molecule has 0 bridgehead atoms. The number of phenolic OH excluding ortho intramolecular Hbond substituents is 1. The largest absolute Gasteiger partial charge is 0.507 e. The van der Waals surface area contributed by atoms with Gasteiger partial charge in [0.1, 0.15) is 5.75 Å². The van der Waals surface area contributed by atoms with Gasteiger partial charge < -0.3 is 21.1 Å². The molecule has 2 saturated carbocycles. The summed E-state index contributed by atoms with van der Waals surface area (Å²) in [6.07, 6.45) is -0.768. The van der Waals surface area contributed by atoms with Crippen LogP contribution in [0.1, 0.15) is 35.7 Å². The number of azide groups is 1. The van der Waals surface area contributed by atoms with E-state index in [-0.39, 0.29) is 17.7 Å². The van der Waals surface area contributed by atoms with Crippen LogP contribution in [0.15, 0.2) is 17.2 Å². The Morgan fingerprint density at radius 1 is 1.22 bits per heavy atom. The summed E-state index contributed by atoms with van der Waals surface area (Å²) in [6, 6.07) is 2.47. The van der Waals surface area contributed by atoms with Gasteiger partial charge in [-0.2, -0.15) is 0 Å². The van der Waals surface area contributed by atoms with E-state index < -0.39 is 81.6 Å². The van der Waals surface area contributed by atoms with Crippen molar-refractivity contribution in [2.45, 2.75) is 31.0 Å². The minimum atomic E-state index is -2.82. The predicted molar refractivity (Wildman–Crippen MR) is 103 cm³/mol. The fourth-order valence-corrected chi connectivity index (χ4v) is 5.39. The van der Waals surface area contributed by atoms with Crippen LogP contribution >= 0.6 is 0 Å². The number of Topliss-reactive ketones (excluding diaryl/α,β-unsaturated/α-hetero) is 4. The highest BCUT2D eigenvalue weighted by Gasteiger charge is 2.68. The smallest absolute Gasteiger partial charge is 0.235 e. The molecule has 12 heteroatoms. The number of hydrogen-bond acceptors (Lipinski definition) is 9. The maximum absolute atomic E-state index is 13.4. The highest BCUT2D eigenvalue weighted by Crippen LogP contribution is 2.56. The maximum Gasteiger partial charge on any atom is 0.235 e. The molecule has 0 saturated heterocycles. The zero-order chi connectivity index (χ0) is 23.7. The number of carbonyl (C=O) groups excluding carboxylic acids is 5. The molecule has 12 nitrogen and oxygen atoms in total. The lowest BCUT2D eigenvalue weighted by atomic mass is 9.51. The van der Waals surface area contributed by atoms with Crippen LogP contribution in [0.5, 0.6) is 5.75 Å². The molecule has 1 amide bonds. The van der Waals surface area contributed by atoms with E-state index in [2.05, 4.69) is 10.0 Å². The number of nitrogens with two attached hydrogens (primary N) is 1. The average molecular weight is 442 g/mol. The molecule has 2 unspecified atom stereocenters. The highest BCUT2D eigenvalue weighted by atomic mass is 16.3. The van der Waals surface area contributed by atoms with Gasteiger partial charge in [-0.1, -0.05) is 11.2 Å². The van der Waals surface area contributed by atoms with Crippen LogP contribution in [0, 0.1) is 23.7 Å². The molecule has 166 valence electrons. The quantitative estimate of drug-likeness (QED) is 0.209. The van der Waals surface area contributed by atoms with Crippen molar-refractivity contribution in [1.29, 1.82) is 0 Å². The van der Waals surface area contributed by atoms with Crippen molar-refractivity contribution in [3.63, 3.8) is 0 Å². The topological polar surface area (TPSA) is 221 Å². The number of aliphatic hydroxyl groups is 2. The molecule has 0 aliphatic heterocycles. The Balaban J connectivity index is 1.91. The van der Waals surface area contributed by atoms with Crippen LogP contribution in [-0.2, 0) is 24.8 Å². The molecule has 1 aromatic carbocycles. The number of hydrogen-bond donors (Lipinski definition) is 4. The van der Waals surface area contributed by atoms with E-state index in [1.165, 1.54) is 19.1 Å². The van der Waals surface area contributed by atoms with Crippen molar-refractivity contribution in [1.82, 2.24) is 0 Å². The fraction of sp³-hybridized carbons (Fsp3) is 0.450. The molecule has 3 aliphatic rings. The summed E-state index contributed by atoms with van der Waals surface area (Å²) in [5.74, 6) is -12.7. The van der Waals surface area contributed by atoms with Gasteiger partial charge in [0.2, 0.25) is 5.91 Å². The van der Waals surface area contributed by atoms with Crippen LogP contribution in [0.2, 0.25) is 0 Å². The Morgan fingerprint density at radius 2 is 1.88 bits per heavy atom. The number of nitrogens with zero attached hydrogens (tertiary/aromatic N) is 3. The SMILES string of the molecule is C[C@@]1(O)c2ccc(N=[N+]=[N-])c(O)c2C(=O)C2C(=O)[C@]3(O)C(=O)C(C(N)=O)C(=O)C[C@@H]3C[C@@H]21. The van der Waals surface area contributed by atoms with Crippen molar-refractivity contribution in [3.05, 3.63) is 33.7 Å². The van der Waals surface area contributed by atoms with Gasteiger partial charge in [0.15, 0.2) is 34.7 Å². The summed E-state index contributed by atoms with van der Waals surface area (Å²) in [7, 11) is 0. The number of carbonyl (C=O) groups is 5. The number of phenols is 1. The second-order valence-electron chi connectivity index (χ2n) is 8.57. The first-order valence-corrected chi connectivity index (χ1v) is 9.70. The van der Waals surface area contributed by atoms with Crippen molar-refractivity contribution < 1.29 is 39.3 Å². The fourth-order valence-electron chi connectivity index (χ4n) is 5.39. The Hall–Kier alpha value is -3.60. The third-order valence-corrected chi connectivity index (χ3v) is 6.99. The van der Waals surface area contributed by atoms with E-state index in [4.69, 9.17) is 11.3 Å². The number of rotatable bonds is 2. The second kappa shape index (κ2) is 6.70. The molecule has 0 spiro atoms. The molecule has 6 atom stereocenters. The van der Waals surface area contributed by atoms with Crippen molar-refractivity contribution in [2.24, 2.45) is 34.5 Å². The molecule has 5 N–H and O–H groups in total. The average Bonchev–Trinajstić information content (AvgIpc) is 2.70. The summed E-state index contributed by atoms with van der Waals surface area (Å²) in [4.78, 5) is 66.1. The summed E-state index contributed by atoms with van der Waals surface area (Å²) >= 11 is 0. The highest BCUT2D eigenvalue weighted by molar-refractivity contribution is 6.31. The first-order valence-electron chi connectivity index (χ1n) is 9.70. The van der Waals surface area contributed by atoms with Gasteiger partial charge in [-0.15, -0.1) is 0 Å². The number of amides is 1. The zero-order valence-corrected chi connectivity index (χ0v) is 16.7. The number of aromatic hydroxyl groups is 1. The van der Waals surface area contributed by atoms with Crippen molar-refractivity contribution >= 4 is 34.7 Å². The minimum Gasteiger partial charge on any atom is -0.507 e. The molecule has 0 radical (unpaired) electrons. The van der Waals surface area contributed by atoms with Crippen LogP contribution in [0.4, 0.5) is 5.69 Å². The first-order chi connectivity index (χ1) is 14.9. The second-order valence-corrected chi connectivity index (χ2v) is 8.57. The van der Waals surface area contributed by atoms with Gasteiger partial charge in [-0.3, -0.25) is 24.0 Å². The molecular weight excluding hydrogens is 424 g/mol. The minimum absolute atomic E-state index is 0.0279. The molecule has 2 fully saturated rings. The third-order valence-electron chi connectivity index (χ3n) is 6.99. The molecular formula is C20H18N4O8.